The van der Waals surface area contributed by atoms with Crippen molar-refractivity contribution < 1.29 is 28.4 Å². The van der Waals surface area contributed by atoms with Gasteiger partial charge in [0, 0.05) is 17.2 Å². The molecule has 1 atom stereocenters. The molecule has 0 spiro atoms. The SMILES string of the molecule is COc1cc(C(=O)NN(C(=O)c2cccc([S+](C)[O-])c2)C(C)(C)C)cc(OC)c1OC. The van der Waals surface area contributed by atoms with E-state index in [1.165, 1.54) is 44.7 Å². The highest BCUT2D eigenvalue weighted by atomic mass is 32.2. The topological polar surface area (TPSA) is 100 Å². The molecule has 2 aromatic rings. The Morgan fingerprint density at radius 2 is 1.55 bits per heavy atom. The van der Waals surface area contributed by atoms with Crippen molar-refractivity contribution in [2.24, 2.45) is 0 Å². The first-order valence-electron chi connectivity index (χ1n) is 9.42. The smallest absolute Gasteiger partial charge is 0.272 e. The molecule has 0 saturated heterocycles. The minimum Gasteiger partial charge on any atom is -0.612 e. The molecule has 0 aliphatic carbocycles. The van der Waals surface area contributed by atoms with Crippen LogP contribution in [0.3, 0.4) is 0 Å². The zero-order valence-electron chi connectivity index (χ0n) is 18.8. The third kappa shape index (κ3) is 5.62. The lowest BCUT2D eigenvalue weighted by Gasteiger charge is -2.35. The third-order valence-corrected chi connectivity index (χ3v) is 5.34. The molecule has 31 heavy (non-hydrogen) atoms. The first-order chi connectivity index (χ1) is 14.5. The highest BCUT2D eigenvalue weighted by Crippen LogP contribution is 2.38. The monoisotopic (exact) mass is 448 g/mol. The van der Waals surface area contributed by atoms with Crippen LogP contribution in [0, 0.1) is 0 Å². The van der Waals surface area contributed by atoms with Gasteiger partial charge in [-0.25, -0.2) is 5.01 Å². The number of benzene rings is 2. The van der Waals surface area contributed by atoms with Crippen molar-refractivity contribution in [1.82, 2.24) is 10.4 Å². The highest BCUT2D eigenvalue weighted by Gasteiger charge is 2.31. The number of carbonyl (C=O) groups excluding carboxylic acids is 2. The minimum absolute atomic E-state index is 0.222. The minimum atomic E-state index is -1.24. The van der Waals surface area contributed by atoms with E-state index in [0.29, 0.717) is 27.7 Å². The van der Waals surface area contributed by atoms with Gasteiger partial charge in [0.15, 0.2) is 16.4 Å². The average Bonchev–Trinajstić information content (AvgIpc) is 2.74. The summed E-state index contributed by atoms with van der Waals surface area (Å²) in [5.74, 6) is 0.0329. The van der Waals surface area contributed by atoms with Gasteiger partial charge in [-0.2, -0.15) is 0 Å². The number of hydrogen-bond donors (Lipinski definition) is 1. The van der Waals surface area contributed by atoms with Crippen molar-refractivity contribution >= 4 is 23.0 Å². The van der Waals surface area contributed by atoms with E-state index in [2.05, 4.69) is 5.43 Å². The van der Waals surface area contributed by atoms with Crippen LogP contribution in [0.2, 0.25) is 0 Å². The number of hydrazine groups is 1. The highest BCUT2D eigenvalue weighted by molar-refractivity contribution is 7.90. The number of rotatable bonds is 6. The second kappa shape index (κ2) is 9.93. The zero-order chi connectivity index (χ0) is 23.3. The van der Waals surface area contributed by atoms with Crippen LogP contribution in [-0.4, -0.2) is 54.5 Å². The summed E-state index contributed by atoms with van der Waals surface area (Å²) >= 11 is -1.24. The van der Waals surface area contributed by atoms with Crippen LogP contribution in [0.1, 0.15) is 41.5 Å². The van der Waals surface area contributed by atoms with Crippen molar-refractivity contribution in [1.29, 1.82) is 0 Å². The fourth-order valence-electron chi connectivity index (χ4n) is 2.84. The van der Waals surface area contributed by atoms with Gasteiger partial charge in [0.05, 0.1) is 26.9 Å². The van der Waals surface area contributed by atoms with Gasteiger partial charge in [-0.1, -0.05) is 6.07 Å². The van der Waals surface area contributed by atoms with Gasteiger partial charge in [-0.05, 0) is 56.2 Å². The molecule has 2 amide bonds. The maximum absolute atomic E-state index is 13.2. The fraction of sp³-hybridized carbons (Fsp3) is 0.364. The number of carbonyl (C=O) groups is 2. The van der Waals surface area contributed by atoms with E-state index in [9.17, 15) is 14.1 Å². The molecule has 2 aromatic carbocycles. The predicted molar refractivity (Wildman–Crippen MR) is 118 cm³/mol. The van der Waals surface area contributed by atoms with Gasteiger partial charge < -0.3 is 18.8 Å². The Labute approximate surface area is 185 Å². The standard InChI is InChI=1S/C22H28N2O6S/c1-22(2,3)24(21(26)14-9-8-10-16(11-14)31(7)27)23-20(25)15-12-17(28-4)19(30-6)18(13-15)29-5/h8-13H,1-7H3,(H,23,25). The van der Waals surface area contributed by atoms with E-state index in [-0.39, 0.29) is 5.56 Å². The Morgan fingerprint density at radius 3 is 2.00 bits per heavy atom. The van der Waals surface area contributed by atoms with Crippen LogP contribution in [-0.2, 0) is 11.2 Å². The van der Waals surface area contributed by atoms with Crippen LogP contribution < -0.4 is 19.6 Å². The number of methoxy groups -OCH3 is 3. The molecule has 1 unspecified atom stereocenters. The molecule has 168 valence electrons. The largest absolute Gasteiger partial charge is 0.612 e. The van der Waals surface area contributed by atoms with Crippen LogP contribution in [0.15, 0.2) is 41.3 Å². The van der Waals surface area contributed by atoms with Crippen molar-refractivity contribution in [3.05, 3.63) is 47.5 Å². The maximum atomic E-state index is 13.2. The van der Waals surface area contributed by atoms with Gasteiger partial charge >= 0.3 is 0 Å². The lowest BCUT2D eigenvalue weighted by atomic mass is 10.1. The molecular weight excluding hydrogens is 420 g/mol. The van der Waals surface area contributed by atoms with Crippen LogP contribution in [0.5, 0.6) is 17.2 Å². The quantitative estimate of drug-likeness (QED) is 0.539. The van der Waals surface area contributed by atoms with Gasteiger partial charge in [0.2, 0.25) is 5.75 Å². The molecule has 2 rings (SSSR count). The lowest BCUT2D eigenvalue weighted by molar-refractivity contribution is 0.0358. The second-order valence-electron chi connectivity index (χ2n) is 7.65. The number of hydrogen-bond acceptors (Lipinski definition) is 6. The number of nitrogens with zero attached hydrogens (tertiary/aromatic N) is 1. The van der Waals surface area contributed by atoms with Crippen LogP contribution in [0.25, 0.3) is 0 Å². The second-order valence-corrected chi connectivity index (χ2v) is 9.03. The molecule has 0 fully saturated rings. The Kier molecular flexibility index (Phi) is 7.80. The Balaban J connectivity index is 2.41. The van der Waals surface area contributed by atoms with E-state index in [1.54, 1.807) is 45.0 Å². The first-order valence-corrected chi connectivity index (χ1v) is 11.0. The molecule has 0 aliphatic heterocycles. The normalized spacial score (nSPS) is 12.0. The third-order valence-electron chi connectivity index (χ3n) is 4.43. The molecule has 0 saturated carbocycles. The molecule has 0 bridgehead atoms. The van der Waals surface area contributed by atoms with E-state index >= 15 is 0 Å². The number of ether oxygens (including phenoxy) is 3. The maximum Gasteiger partial charge on any atom is 0.272 e. The number of nitrogens with one attached hydrogen (secondary N) is 1. The van der Waals surface area contributed by atoms with Crippen LogP contribution in [0.4, 0.5) is 0 Å². The summed E-state index contributed by atoms with van der Waals surface area (Å²) in [6.07, 6.45) is 1.54. The fourth-order valence-corrected chi connectivity index (χ4v) is 3.40. The summed E-state index contributed by atoms with van der Waals surface area (Å²) in [6.45, 7) is 5.38. The van der Waals surface area contributed by atoms with Crippen molar-refractivity contribution in [2.45, 2.75) is 31.2 Å². The van der Waals surface area contributed by atoms with Crippen molar-refractivity contribution in [3.8, 4) is 17.2 Å². The molecule has 0 radical (unpaired) electrons. The summed E-state index contributed by atoms with van der Waals surface area (Å²) < 4.78 is 27.7. The summed E-state index contributed by atoms with van der Waals surface area (Å²) in [4.78, 5) is 26.8. The molecular formula is C22H28N2O6S. The van der Waals surface area contributed by atoms with Crippen LogP contribution >= 0.6 is 0 Å². The van der Waals surface area contributed by atoms with E-state index in [1.807, 2.05) is 0 Å². The van der Waals surface area contributed by atoms with Gasteiger partial charge in [0.1, 0.15) is 6.26 Å². The number of amides is 2. The van der Waals surface area contributed by atoms with Gasteiger partial charge in [-0.3, -0.25) is 15.0 Å². The average molecular weight is 449 g/mol. The zero-order valence-corrected chi connectivity index (χ0v) is 19.6. The Hall–Kier alpha value is -2.91. The van der Waals surface area contributed by atoms with E-state index in [4.69, 9.17) is 14.2 Å². The van der Waals surface area contributed by atoms with Gasteiger partial charge in [0.25, 0.3) is 11.8 Å². The summed E-state index contributed by atoms with van der Waals surface area (Å²) in [5.41, 5.74) is 2.47. The van der Waals surface area contributed by atoms with Gasteiger partial charge in [-0.15, -0.1) is 0 Å². The predicted octanol–water partition coefficient (Wildman–Crippen LogP) is 3.04. The first kappa shape index (κ1) is 24.4. The van der Waals surface area contributed by atoms with E-state index < -0.39 is 28.5 Å². The lowest BCUT2D eigenvalue weighted by Crippen LogP contribution is -2.55. The summed E-state index contributed by atoms with van der Waals surface area (Å²) in [6, 6.07) is 9.52. The summed E-state index contributed by atoms with van der Waals surface area (Å²) in [7, 11) is 4.38. The molecule has 0 aromatic heterocycles. The van der Waals surface area contributed by atoms with E-state index in [0.717, 1.165) is 0 Å². The molecule has 0 aliphatic rings. The molecule has 1 N–H and O–H groups in total. The van der Waals surface area contributed by atoms with Crippen molar-refractivity contribution in [2.75, 3.05) is 27.6 Å². The van der Waals surface area contributed by atoms with Crippen molar-refractivity contribution in [3.63, 3.8) is 0 Å². The summed E-state index contributed by atoms with van der Waals surface area (Å²) in [5, 5.41) is 1.25. The Bertz CT molecular complexity index is 930. The molecule has 9 heteroatoms. The Morgan fingerprint density at radius 1 is 0.968 bits per heavy atom. The molecule has 8 nitrogen and oxygen atoms in total. The molecule has 0 heterocycles.